The van der Waals surface area contributed by atoms with Crippen LogP contribution in [-0.4, -0.2) is 39.1 Å². The van der Waals surface area contributed by atoms with E-state index in [1.807, 2.05) is 0 Å². The van der Waals surface area contributed by atoms with Crippen LogP contribution in [0.4, 0.5) is 17.8 Å². The predicted octanol–water partition coefficient (Wildman–Crippen LogP) is 4.41. The van der Waals surface area contributed by atoms with Gasteiger partial charge < -0.3 is 15.5 Å². The standard InChI is InChI=1S/C19H38N6/c1-13(2)11-25(12-14(3)4)17-21-15(23-18(5,6)7)20-16(22-17)24-19(8,9)10/h13-14H,11-12H2,1-10H3,(H2,20,21,22,23,24). The zero-order chi connectivity index (χ0) is 19.4. The smallest absolute Gasteiger partial charge is 0.231 e. The van der Waals surface area contributed by atoms with Crippen LogP contribution in [0.1, 0.15) is 69.2 Å². The summed E-state index contributed by atoms with van der Waals surface area (Å²) in [4.78, 5) is 16.3. The van der Waals surface area contributed by atoms with Crippen molar-refractivity contribution in [1.29, 1.82) is 0 Å². The Hall–Kier alpha value is -1.59. The normalized spacial score (nSPS) is 12.6. The summed E-state index contributed by atoms with van der Waals surface area (Å²) in [5.41, 5.74) is -0.225. The van der Waals surface area contributed by atoms with Crippen molar-refractivity contribution < 1.29 is 0 Å². The summed E-state index contributed by atoms with van der Waals surface area (Å²) in [5, 5.41) is 6.76. The van der Waals surface area contributed by atoms with Crippen LogP contribution in [0.15, 0.2) is 0 Å². The van der Waals surface area contributed by atoms with Crippen molar-refractivity contribution in [2.24, 2.45) is 11.8 Å². The van der Waals surface area contributed by atoms with Gasteiger partial charge in [-0.15, -0.1) is 0 Å². The number of hydrogen-bond donors (Lipinski definition) is 2. The van der Waals surface area contributed by atoms with Crippen molar-refractivity contribution in [3.05, 3.63) is 0 Å². The lowest BCUT2D eigenvalue weighted by atomic mass is 10.1. The average molecular weight is 351 g/mol. The van der Waals surface area contributed by atoms with Gasteiger partial charge in [0.2, 0.25) is 17.8 Å². The van der Waals surface area contributed by atoms with E-state index in [1.54, 1.807) is 0 Å². The summed E-state index contributed by atoms with van der Waals surface area (Å²) in [6.07, 6.45) is 0. The van der Waals surface area contributed by atoms with Crippen molar-refractivity contribution >= 4 is 17.8 Å². The van der Waals surface area contributed by atoms with Crippen LogP contribution < -0.4 is 15.5 Å². The second kappa shape index (κ2) is 8.19. The van der Waals surface area contributed by atoms with Crippen LogP contribution in [0, 0.1) is 11.8 Å². The molecule has 0 fully saturated rings. The molecule has 0 aliphatic carbocycles. The highest BCUT2D eigenvalue weighted by Gasteiger charge is 2.20. The Morgan fingerprint density at radius 2 is 1.08 bits per heavy atom. The van der Waals surface area contributed by atoms with E-state index in [0.29, 0.717) is 23.7 Å². The van der Waals surface area contributed by atoms with Crippen molar-refractivity contribution in [2.45, 2.75) is 80.3 Å². The molecule has 0 aliphatic heterocycles. The highest BCUT2D eigenvalue weighted by atomic mass is 15.3. The number of anilines is 3. The lowest BCUT2D eigenvalue weighted by molar-refractivity contribution is 0.542. The van der Waals surface area contributed by atoms with Crippen LogP contribution in [0.3, 0.4) is 0 Å². The number of nitrogens with one attached hydrogen (secondary N) is 2. The van der Waals surface area contributed by atoms with Gasteiger partial charge in [0.1, 0.15) is 0 Å². The maximum atomic E-state index is 4.71. The van der Waals surface area contributed by atoms with Crippen LogP contribution in [0.2, 0.25) is 0 Å². The molecular formula is C19H38N6. The highest BCUT2D eigenvalue weighted by Crippen LogP contribution is 2.20. The van der Waals surface area contributed by atoms with Crippen LogP contribution in [0.25, 0.3) is 0 Å². The molecule has 0 radical (unpaired) electrons. The minimum atomic E-state index is -0.113. The second-order valence-corrected chi connectivity index (χ2v) is 9.73. The molecule has 1 aromatic heterocycles. The maximum absolute atomic E-state index is 4.71. The zero-order valence-corrected chi connectivity index (χ0v) is 17.9. The molecule has 25 heavy (non-hydrogen) atoms. The third-order valence-electron chi connectivity index (χ3n) is 3.05. The molecular weight excluding hydrogens is 312 g/mol. The largest absolute Gasteiger partial charge is 0.349 e. The molecule has 6 nitrogen and oxygen atoms in total. The van der Waals surface area contributed by atoms with Crippen molar-refractivity contribution in [3.63, 3.8) is 0 Å². The second-order valence-electron chi connectivity index (χ2n) is 9.73. The summed E-state index contributed by atoms with van der Waals surface area (Å²) < 4.78 is 0. The first kappa shape index (κ1) is 21.5. The highest BCUT2D eigenvalue weighted by molar-refractivity contribution is 5.45. The molecule has 1 aromatic rings. The topological polar surface area (TPSA) is 66.0 Å². The first-order chi connectivity index (χ1) is 11.2. The lowest BCUT2D eigenvalue weighted by Gasteiger charge is -2.29. The summed E-state index contributed by atoms with van der Waals surface area (Å²) in [5.74, 6) is 3.03. The lowest BCUT2D eigenvalue weighted by Crippen LogP contribution is -2.35. The third-order valence-corrected chi connectivity index (χ3v) is 3.05. The van der Waals surface area contributed by atoms with E-state index in [0.717, 1.165) is 19.0 Å². The Bertz CT molecular complexity index is 496. The molecule has 1 rings (SSSR count). The molecule has 0 aromatic carbocycles. The molecule has 2 N–H and O–H groups in total. The van der Waals surface area contributed by atoms with Gasteiger partial charge in [0.25, 0.3) is 0 Å². The van der Waals surface area contributed by atoms with E-state index in [4.69, 9.17) is 9.97 Å². The fraction of sp³-hybridized carbons (Fsp3) is 0.842. The molecule has 0 saturated heterocycles. The Balaban J connectivity index is 3.28. The number of hydrogen-bond acceptors (Lipinski definition) is 6. The fourth-order valence-corrected chi connectivity index (χ4v) is 2.41. The quantitative estimate of drug-likeness (QED) is 0.759. The summed E-state index contributed by atoms with van der Waals surface area (Å²) >= 11 is 0. The summed E-state index contributed by atoms with van der Waals surface area (Å²) in [6, 6.07) is 0. The first-order valence-electron chi connectivity index (χ1n) is 9.32. The van der Waals surface area contributed by atoms with Gasteiger partial charge in [-0.05, 0) is 53.4 Å². The maximum Gasteiger partial charge on any atom is 0.231 e. The predicted molar refractivity (Wildman–Crippen MR) is 108 cm³/mol. The first-order valence-corrected chi connectivity index (χ1v) is 9.32. The van der Waals surface area contributed by atoms with Crippen molar-refractivity contribution in [1.82, 2.24) is 15.0 Å². The fourth-order valence-electron chi connectivity index (χ4n) is 2.41. The Labute approximate surface area is 154 Å². The van der Waals surface area contributed by atoms with E-state index >= 15 is 0 Å². The molecule has 0 bridgehead atoms. The van der Waals surface area contributed by atoms with E-state index in [9.17, 15) is 0 Å². The Morgan fingerprint density at radius 3 is 1.36 bits per heavy atom. The van der Waals surface area contributed by atoms with Gasteiger partial charge in [0.05, 0.1) is 0 Å². The van der Waals surface area contributed by atoms with Crippen LogP contribution in [-0.2, 0) is 0 Å². The Morgan fingerprint density at radius 1 is 0.720 bits per heavy atom. The molecule has 6 heteroatoms. The number of aromatic nitrogens is 3. The molecule has 0 spiro atoms. The van der Waals surface area contributed by atoms with Gasteiger partial charge in [-0.25, -0.2) is 0 Å². The summed E-state index contributed by atoms with van der Waals surface area (Å²) in [7, 11) is 0. The van der Waals surface area contributed by atoms with E-state index < -0.39 is 0 Å². The molecule has 0 amide bonds. The van der Waals surface area contributed by atoms with E-state index in [2.05, 4.69) is 89.8 Å². The number of nitrogens with zero attached hydrogens (tertiary/aromatic N) is 4. The molecule has 0 aliphatic rings. The van der Waals surface area contributed by atoms with Gasteiger partial charge in [-0.2, -0.15) is 15.0 Å². The minimum absolute atomic E-state index is 0.113. The van der Waals surface area contributed by atoms with Gasteiger partial charge in [-0.3, -0.25) is 0 Å². The molecule has 0 saturated carbocycles. The van der Waals surface area contributed by atoms with Crippen molar-refractivity contribution in [2.75, 3.05) is 28.6 Å². The average Bonchev–Trinajstić information content (AvgIpc) is 2.31. The Kier molecular flexibility index (Phi) is 7.03. The molecule has 1 heterocycles. The van der Waals surface area contributed by atoms with Crippen molar-refractivity contribution in [3.8, 4) is 0 Å². The zero-order valence-electron chi connectivity index (χ0n) is 17.9. The third kappa shape index (κ3) is 8.89. The van der Waals surface area contributed by atoms with E-state index in [-0.39, 0.29) is 11.1 Å². The van der Waals surface area contributed by atoms with Gasteiger partial charge in [0, 0.05) is 24.2 Å². The molecule has 0 unspecified atom stereocenters. The van der Waals surface area contributed by atoms with Crippen LogP contribution >= 0.6 is 0 Å². The molecule has 144 valence electrons. The summed E-state index contributed by atoms with van der Waals surface area (Å²) in [6.45, 7) is 23.3. The van der Waals surface area contributed by atoms with Gasteiger partial charge in [0.15, 0.2) is 0 Å². The number of rotatable bonds is 7. The monoisotopic (exact) mass is 350 g/mol. The van der Waals surface area contributed by atoms with E-state index in [1.165, 1.54) is 0 Å². The van der Waals surface area contributed by atoms with Gasteiger partial charge in [-0.1, -0.05) is 27.7 Å². The van der Waals surface area contributed by atoms with Crippen LogP contribution in [0.5, 0.6) is 0 Å². The minimum Gasteiger partial charge on any atom is -0.349 e. The molecule has 0 atom stereocenters. The SMILES string of the molecule is CC(C)CN(CC(C)C)c1nc(NC(C)(C)C)nc(NC(C)(C)C)n1. The van der Waals surface area contributed by atoms with Gasteiger partial charge >= 0.3 is 0 Å².